The Kier molecular flexibility index (Phi) is 6.12. The van der Waals surface area contributed by atoms with E-state index in [9.17, 15) is 4.79 Å². The molecule has 0 atom stereocenters. The maximum atomic E-state index is 12.0. The zero-order valence-electron chi connectivity index (χ0n) is 15.3. The molecule has 0 radical (unpaired) electrons. The number of hydrazone groups is 1. The highest BCUT2D eigenvalue weighted by Crippen LogP contribution is 2.21. The predicted molar refractivity (Wildman–Crippen MR) is 106 cm³/mol. The standard InChI is InChI=1S/C20H25ClN4O/c1-15-12-17(16(2)25(15)19-8-6-18(21)7-9-19)13-22-23-20(26)14-24-10-4-3-5-11-24/h6-9,12-13H,3-5,10-11,14H2,1-2H3,(H,23,26)/b22-13+. The monoisotopic (exact) mass is 372 g/mol. The quantitative estimate of drug-likeness (QED) is 0.642. The lowest BCUT2D eigenvalue weighted by atomic mass is 10.1. The van der Waals surface area contributed by atoms with Crippen LogP contribution in [0.25, 0.3) is 5.69 Å². The summed E-state index contributed by atoms with van der Waals surface area (Å²) < 4.78 is 2.15. The van der Waals surface area contributed by atoms with E-state index >= 15 is 0 Å². The Bertz CT molecular complexity index is 789. The zero-order chi connectivity index (χ0) is 18.5. The molecule has 5 nitrogen and oxygen atoms in total. The summed E-state index contributed by atoms with van der Waals surface area (Å²) in [5.41, 5.74) is 6.85. The van der Waals surface area contributed by atoms with Gasteiger partial charge in [-0.25, -0.2) is 5.43 Å². The van der Waals surface area contributed by atoms with E-state index in [0.717, 1.165) is 40.8 Å². The van der Waals surface area contributed by atoms with Gasteiger partial charge in [-0.3, -0.25) is 9.69 Å². The van der Waals surface area contributed by atoms with Crippen molar-refractivity contribution in [2.24, 2.45) is 5.10 Å². The molecule has 2 heterocycles. The summed E-state index contributed by atoms with van der Waals surface area (Å²) in [5.74, 6) is -0.0605. The van der Waals surface area contributed by atoms with Gasteiger partial charge < -0.3 is 4.57 Å². The Hall–Kier alpha value is -2.11. The maximum absolute atomic E-state index is 12.0. The van der Waals surface area contributed by atoms with Gasteiger partial charge in [-0.2, -0.15) is 5.10 Å². The number of carbonyl (C=O) groups is 1. The second-order valence-electron chi connectivity index (χ2n) is 6.77. The molecule has 1 N–H and O–H groups in total. The predicted octanol–water partition coefficient (Wildman–Crippen LogP) is 3.68. The molecule has 6 heteroatoms. The van der Waals surface area contributed by atoms with Crippen LogP contribution in [0.15, 0.2) is 35.4 Å². The fourth-order valence-corrected chi connectivity index (χ4v) is 3.56. The summed E-state index contributed by atoms with van der Waals surface area (Å²) in [6, 6.07) is 9.80. The third kappa shape index (κ3) is 4.54. The molecule has 1 aliphatic heterocycles. The summed E-state index contributed by atoms with van der Waals surface area (Å²) in [5, 5.41) is 4.86. The Balaban J connectivity index is 1.64. The van der Waals surface area contributed by atoms with E-state index in [0.29, 0.717) is 6.54 Å². The number of amides is 1. The van der Waals surface area contributed by atoms with Crippen LogP contribution in [0.4, 0.5) is 0 Å². The lowest BCUT2D eigenvalue weighted by Crippen LogP contribution is -2.38. The first kappa shape index (κ1) is 18.7. The van der Waals surface area contributed by atoms with Crippen molar-refractivity contribution in [1.29, 1.82) is 0 Å². The Morgan fingerprint density at radius 2 is 1.88 bits per heavy atom. The molecule has 0 unspecified atom stereocenters. The summed E-state index contributed by atoms with van der Waals surface area (Å²) in [7, 11) is 0. The van der Waals surface area contributed by atoms with Gasteiger partial charge in [-0.05, 0) is 70.1 Å². The number of hydrogen-bond donors (Lipinski definition) is 1. The molecule has 1 amide bonds. The number of nitrogens with zero attached hydrogens (tertiary/aromatic N) is 3. The molecule has 0 spiro atoms. The highest BCUT2D eigenvalue weighted by molar-refractivity contribution is 6.30. The van der Waals surface area contributed by atoms with Crippen LogP contribution >= 0.6 is 11.6 Å². The molecular formula is C20H25ClN4O. The molecule has 1 aliphatic rings. The largest absolute Gasteiger partial charge is 0.318 e. The molecule has 26 heavy (non-hydrogen) atoms. The first-order valence-corrected chi connectivity index (χ1v) is 9.41. The Labute approximate surface area is 159 Å². The number of carbonyl (C=O) groups excluding carboxylic acids is 1. The van der Waals surface area contributed by atoms with Gasteiger partial charge in [0.15, 0.2) is 0 Å². The number of aromatic nitrogens is 1. The Morgan fingerprint density at radius 1 is 1.19 bits per heavy atom. The number of hydrogen-bond acceptors (Lipinski definition) is 3. The van der Waals surface area contributed by atoms with Crippen LogP contribution in [0, 0.1) is 13.8 Å². The number of likely N-dealkylation sites (tertiary alicyclic amines) is 1. The topological polar surface area (TPSA) is 49.6 Å². The van der Waals surface area contributed by atoms with Crippen LogP contribution in [-0.2, 0) is 4.79 Å². The summed E-state index contributed by atoms with van der Waals surface area (Å²) in [4.78, 5) is 14.2. The van der Waals surface area contributed by atoms with Gasteiger partial charge in [-0.15, -0.1) is 0 Å². The van der Waals surface area contributed by atoms with Gasteiger partial charge in [0.25, 0.3) is 5.91 Å². The van der Waals surface area contributed by atoms with E-state index in [1.807, 2.05) is 38.1 Å². The minimum Gasteiger partial charge on any atom is -0.318 e. The van der Waals surface area contributed by atoms with E-state index < -0.39 is 0 Å². The van der Waals surface area contributed by atoms with Crippen molar-refractivity contribution in [2.45, 2.75) is 33.1 Å². The van der Waals surface area contributed by atoms with Crippen LogP contribution in [-0.4, -0.2) is 41.2 Å². The average Bonchev–Trinajstić information content (AvgIpc) is 2.90. The minimum atomic E-state index is -0.0605. The highest BCUT2D eigenvalue weighted by atomic mass is 35.5. The second kappa shape index (κ2) is 8.52. The second-order valence-corrected chi connectivity index (χ2v) is 7.20. The summed E-state index contributed by atoms with van der Waals surface area (Å²) in [6.45, 7) is 6.51. The van der Waals surface area contributed by atoms with Crippen LogP contribution in [0.2, 0.25) is 5.02 Å². The van der Waals surface area contributed by atoms with Crippen molar-refractivity contribution in [2.75, 3.05) is 19.6 Å². The number of rotatable bonds is 5. The molecule has 3 rings (SSSR count). The van der Waals surface area contributed by atoms with E-state index in [1.54, 1.807) is 6.21 Å². The van der Waals surface area contributed by atoms with Crippen LogP contribution in [0.3, 0.4) is 0 Å². The molecule has 1 aromatic carbocycles. The van der Waals surface area contributed by atoms with Crippen molar-refractivity contribution < 1.29 is 4.79 Å². The molecule has 0 aliphatic carbocycles. The number of piperidine rings is 1. The number of halogens is 1. The fraction of sp³-hybridized carbons (Fsp3) is 0.400. The third-order valence-electron chi connectivity index (χ3n) is 4.76. The third-order valence-corrected chi connectivity index (χ3v) is 5.02. The first-order chi connectivity index (χ1) is 12.5. The first-order valence-electron chi connectivity index (χ1n) is 9.04. The summed E-state index contributed by atoms with van der Waals surface area (Å²) in [6.07, 6.45) is 5.32. The van der Waals surface area contributed by atoms with Crippen molar-refractivity contribution in [3.63, 3.8) is 0 Å². The molecule has 1 fully saturated rings. The molecule has 1 saturated heterocycles. The van der Waals surface area contributed by atoms with Crippen LogP contribution < -0.4 is 5.43 Å². The molecule has 0 bridgehead atoms. The van der Waals surface area contributed by atoms with Gasteiger partial charge in [0.1, 0.15) is 0 Å². The van der Waals surface area contributed by atoms with Gasteiger partial charge in [-0.1, -0.05) is 18.0 Å². The number of nitrogens with one attached hydrogen (secondary N) is 1. The minimum absolute atomic E-state index is 0.0605. The van der Waals surface area contributed by atoms with Crippen LogP contribution in [0.1, 0.15) is 36.2 Å². The fourth-order valence-electron chi connectivity index (χ4n) is 3.44. The van der Waals surface area contributed by atoms with Gasteiger partial charge in [0, 0.05) is 27.7 Å². The number of aryl methyl sites for hydroxylation is 1. The zero-order valence-corrected chi connectivity index (χ0v) is 16.1. The molecule has 0 saturated carbocycles. The van der Waals surface area contributed by atoms with Gasteiger partial charge >= 0.3 is 0 Å². The lowest BCUT2D eigenvalue weighted by Gasteiger charge is -2.25. The van der Waals surface area contributed by atoms with Crippen molar-refractivity contribution in [3.8, 4) is 5.69 Å². The Morgan fingerprint density at radius 3 is 2.58 bits per heavy atom. The van der Waals surface area contributed by atoms with Gasteiger partial charge in [0.05, 0.1) is 12.8 Å². The van der Waals surface area contributed by atoms with Crippen LogP contribution in [0.5, 0.6) is 0 Å². The number of benzene rings is 1. The van der Waals surface area contributed by atoms with E-state index in [1.165, 1.54) is 19.3 Å². The smallest absolute Gasteiger partial charge is 0.254 e. The van der Waals surface area contributed by atoms with E-state index in [2.05, 4.69) is 26.1 Å². The van der Waals surface area contributed by atoms with Crippen molar-refractivity contribution >= 4 is 23.7 Å². The average molecular weight is 373 g/mol. The molecule has 138 valence electrons. The molecular weight excluding hydrogens is 348 g/mol. The SMILES string of the molecule is Cc1cc(/C=N/NC(=O)CN2CCCCC2)c(C)n1-c1ccc(Cl)cc1. The maximum Gasteiger partial charge on any atom is 0.254 e. The van der Waals surface area contributed by atoms with Crippen molar-refractivity contribution in [3.05, 3.63) is 52.3 Å². The molecule has 2 aromatic rings. The highest BCUT2D eigenvalue weighted by Gasteiger charge is 2.13. The lowest BCUT2D eigenvalue weighted by molar-refractivity contribution is -0.122. The van der Waals surface area contributed by atoms with E-state index in [4.69, 9.17) is 11.6 Å². The van der Waals surface area contributed by atoms with E-state index in [-0.39, 0.29) is 5.91 Å². The normalized spacial score (nSPS) is 15.5. The van der Waals surface area contributed by atoms with Gasteiger partial charge in [0.2, 0.25) is 0 Å². The molecule has 1 aromatic heterocycles. The summed E-state index contributed by atoms with van der Waals surface area (Å²) >= 11 is 5.98. The van der Waals surface area contributed by atoms with Crippen molar-refractivity contribution in [1.82, 2.24) is 14.9 Å².